The number of likely N-dealkylation sites (tertiary alicyclic amines) is 1. The summed E-state index contributed by atoms with van der Waals surface area (Å²) in [6, 6.07) is 0. The van der Waals surface area contributed by atoms with Crippen molar-refractivity contribution in [2.75, 3.05) is 33.4 Å². The summed E-state index contributed by atoms with van der Waals surface area (Å²) in [6.45, 7) is 5.76. The molecule has 3 heteroatoms. The van der Waals surface area contributed by atoms with Gasteiger partial charge in [0.05, 0.1) is 12.7 Å². The first-order chi connectivity index (χ1) is 6.22. The van der Waals surface area contributed by atoms with Crippen LogP contribution in [-0.2, 0) is 4.74 Å². The van der Waals surface area contributed by atoms with Crippen molar-refractivity contribution in [3.8, 4) is 0 Å². The molecule has 0 amide bonds. The van der Waals surface area contributed by atoms with Crippen LogP contribution in [0.1, 0.15) is 19.8 Å². The number of ether oxygens (including phenoxy) is 1. The smallest absolute Gasteiger partial charge is 0.0900 e. The van der Waals surface area contributed by atoms with Crippen molar-refractivity contribution in [2.45, 2.75) is 25.9 Å². The molecular formula is C10H21NO2. The van der Waals surface area contributed by atoms with Crippen LogP contribution < -0.4 is 0 Å². The van der Waals surface area contributed by atoms with Gasteiger partial charge in [0.15, 0.2) is 0 Å². The van der Waals surface area contributed by atoms with Gasteiger partial charge in [-0.1, -0.05) is 6.92 Å². The van der Waals surface area contributed by atoms with Crippen LogP contribution in [0.2, 0.25) is 0 Å². The van der Waals surface area contributed by atoms with E-state index in [1.807, 2.05) is 0 Å². The Bertz CT molecular complexity index is 133. The average molecular weight is 187 g/mol. The van der Waals surface area contributed by atoms with Crippen molar-refractivity contribution in [3.63, 3.8) is 0 Å². The summed E-state index contributed by atoms with van der Waals surface area (Å²) >= 11 is 0. The molecule has 13 heavy (non-hydrogen) atoms. The summed E-state index contributed by atoms with van der Waals surface area (Å²) in [4.78, 5) is 2.32. The molecule has 0 bridgehead atoms. The molecule has 1 rings (SSSR count). The van der Waals surface area contributed by atoms with E-state index in [0.29, 0.717) is 6.61 Å². The molecular weight excluding hydrogens is 166 g/mol. The summed E-state index contributed by atoms with van der Waals surface area (Å²) in [5, 5.41) is 9.50. The van der Waals surface area contributed by atoms with Crippen LogP contribution in [0.15, 0.2) is 0 Å². The number of β-amino-alcohol motifs (C(OH)–C–C–N with tert-alkyl or cyclic N) is 1. The fraction of sp³-hybridized carbons (Fsp3) is 1.00. The van der Waals surface area contributed by atoms with Crippen molar-refractivity contribution in [1.29, 1.82) is 0 Å². The highest BCUT2D eigenvalue weighted by Gasteiger charge is 2.17. The molecule has 1 saturated heterocycles. The fourth-order valence-electron chi connectivity index (χ4n) is 1.79. The predicted molar refractivity (Wildman–Crippen MR) is 52.7 cm³/mol. The van der Waals surface area contributed by atoms with E-state index in [9.17, 15) is 5.11 Å². The molecule has 78 valence electrons. The third-order valence-corrected chi connectivity index (χ3v) is 2.70. The van der Waals surface area contributed by atoms with E-state index in [4.69, 9.17) is 4.74 Å². The third kappa shape index (κ3) is 4.07. The second kappa shape index (κ2) is 5.58. The second-order valence-corrected chi connectivity index (χ2v) is 4.09. The summed E-state index contributed by atoms with van der Waals surface area (Å²) in [5.41, 5.74) is 0. The maximum Gasteiger partial charge on any atom is 0.0900 e. The van der Waals surface area contributed by atoms with E-state index >= 15 is 0 Å². The van der Waals surface area contributed by atoms with Gasteiger partial charge in [0, 0.05) is 13.7 Å². The molecule has 1 N–H and O–H groups in total. The summed E-state index contributed by atoms with van der Waals surface area (Å²) in [5.74, 6) is 0.857. The first kappa shape index (κ1) is 11.0. The number of aliphatic hydroxyl groups excluding tert-OH is 1. The van der Waals surface area contributed by atoms with E-state index in [-0.39, 0.29) is 6.10 Å². The zero-order valence-electron chi connectivity index (χ0n) is 8.70. The van der Waals surface area contributed by atoms with Crippen LogP contribution in [0.5, 0.6) is 0 Å². The van der Waals surface area contributed by atoms with Crippen LogP contribution in [0.25, 0.3) is 0 Å². The Morgan fingerprint density at radius 1 is 1.46 bits per heavy atom. The highest BCUT2D eigenvalue weighted by atomic mass is 16.5. The Hall–Kier alpha value is -0.120. The number of nitrogens with zero attached hydrogens (tertiary/aromatic N) is 1. The van der Waals surface area contributed by atoms with Crippen molar-refractivity contribution in [3.05, 3.63) is 0 Å². The van der Waals surface area contributed by atoms with Gasteiger partial charge in [-0.05, 0) is 31.8 Å². The van der Waals surface area contributed by atoms with Crippen LogP contribution in [0.4, 0.5) is 0 Å². The minimum Gasteiger partial charge on any atom is -0.389 e. The molecule has 0 radical (unpaired) electrons. The van der Waals surface area contributed by atoms with Crippen molar-refractivity contribution in [1.82, 2.24) is 4.90 Å². The van der Waals surface area contributed by atoms with Crippen LogP contribution >= 0.6 is 0 Å². The van der Waals surface area contributed by atoms with E-state index < -0.39 is 0 Å². The van der Waals surface area contributed by atoms with Crippen LogP contribution in [0.3, 0.4) is 0 Å². The largest absolute Gasteiger partial charge is 0.389 e. The molecule has 0 aromatic carbocycles. The van der Waals surface area contributed by atoms with Gasteiger partial charge in [-0.2, -0.15) is 0 Å². The molecule has 0 aromatic rings. The van der Waals surface area contributed by atoms with Gasteiger partial charge >= 0.3 is 0 Å². The highest BCUT2D eigenvalue weighted by Crippen LogP contribution is 2.15. The van der Waals surface area contributed by atoms with E-state index in [1.54, 1.807) is 7.11 Å². The van der Waals surface area contributed by atoms with Crippen molar-refractivity contribution < 1.29 is 9.84 Å². The topological polar surface area (TPSA) is 32.7 Å². The normalized spacial score (nSPS) is 23.3. The Morgan fingerprint density at radius 3 is 2.62 bits per heavy atom. The monoisotopic (exact) mass is 187 g/mol. The minimum atomic E-state index is -0.321. The lowest BCUT2D eigenvalue weighted by Gasteiger charge is -2.31. The Morgan fingerprint density at radius 2 is 2.08 bits per heavy atom. The maximum atomic E-state index is 9.50. The molecule has 0 aromatic heterocycles. The molecule has 0 aliphatic carbocycles. The summed E-state index contributed by atoms with van der Waals surface area (Å²) in [7, 11) is 1.63. The van der Waals surface area contributed by atoms with Gasteiger partial charge in [-0.3, -0.25) is 0 Å². The molecule has 1 unspecified atom stereocenters. The van der Waals surface area contributed by atoms with Gasteiger partial charge in [0.2, 0.25) is 0 Å². The Labute approximate surface area is 80.7 Å². The van der Waals surface area contributed by atoms with Gasteiger partial charge in [-0.25, -0.2) is 0 Å². The quantitative estimate of drug-likeness (QED) is 0.704. The molecule has 1 fully saturated rings. The predicted octanol–water partition coefficient (Wildman–Crippen LogP) is 0.726. The highest BCUT2D eigenvalue weighted by molar-refractivity contribution is 4.71. The maximum absolute atomic E-state index is 9.50. The van der Waals surface area contributed by atoms with E-state index in [2.05, 4.69) is 11.8 Å². The minimum absolute atomic E-state index is 0.321. The molecule has 0 saturated carbocycles. The standard InChI is InChI=1S/C10H21NO2/c1-9-3-5-11(6-4-9)7-10(12)8-13-2/h9-10,12H,3-8H2,1-2H3. The zero-order chi connectivity index (χ0) is 9.68. The van der Waals surface area contributed by atoms with E-state index in [1.165, 1.54) is 12.8 Å². The number of hydrogen-bond donors (Lipinski definition) is 1. The molecule has 1 aliphatic rings. The fourth-order valence-corrected chi connectivity index (χ4v) is 1.79. The number of piperidine rings is 1. The van der Waals surface area contributed by atoms with Gasteiger partial charge in [0.25, 0.3) is 0 Å². The Kier molecular flexibility index (Phi) is 4.70. The summed E-state index contributed by atoms with van der Waals surface area (Å²) < 4.78 is 4.89. The van der Waals surface area contributed by atoms with Gasteiger partial charge < -0.3 is 14.7 Å². The molecule has 1 heterocycles. The van der Waals surface area contributed by atoms with Crippen molar-refractivity contribution in [2.24, 2.45) is 5.92 Å². The lowest BCUT2D eigenvalue weighted by molar-refractivity contribution is 0.0300. The zero-order valence-corrected chi connectivity index (χ0v) is 8.70. The van der Waals surface area contributed by atoms with Crippen molar-refractivity contribution >= 4 is 0 Å². The van der Waals surface area contributed by atoms with Gasteiger partial charge in [-0.15, -0.1) is 0 Å². The summed E-state index contributed by atoms with van der Waals surface area (Å²) in [6.07, 6.45) is 2.21. The molecule has 0 spiro atoms. The molecule has 1 atom stereocenters. The molecule has 1 aliphatic heterocycles. The number of hydrogen-bond acceptors (Lipinski definition) is 3. The lowest BCUT2D eigenvalue weighted by atomic mass is 9.99. The second-order valence-electron chi connectivity index (χ2n) is 4.09. The van der Waals surface area contributed by atoms with Gasteiger partial charge in [0.1, 0.15) is 0 Å². The Balaban J connectivity index is 2.14. The third-order valence-electron chi connectivity index (χ3n) is 2.70. The number of rotatable bonds is 4. The average Bonchev–Trinajstić information content (AvgIpc) is 2.09. The first-order valence-electron chi connectivity index (χ1n) is 5.11. The van der Waals surface area contributed by atoms with Crippen LogP contribution in [0, 0.1) is 5.92 Å². The van der Waals surface area contributed by atoms with E-state index in [0.717, 1.165) is 25.6 Å². The SMILES string of the molecule is COCC(O)CN1CCC(C)CC1. The first-order valence-corrected chi connectivity index (χ1v) is 5.11. The number of aliphatic hydroxyl groups is 1. The van der Waals surface area contributed by atoms with Crippen LogP contribution in [-0.4, -0.2) is 49.5 Å². The lowest BCUT2D eigenvalue weighted by Crippen LogP contribution is -2.39. The molecule has 3 nitrogen and oxygen atoms in total. The number of methoxy groups -OCH3 is 1.